The van der Waals surface area contributed by atoms with Crippen LogP contribution in [0, 0.1) is 12.8 Å². The lowest BCUT2D eigenvalue weighted by atomic mass is 9.81. The van der Waals surface area contributed by atoms with Crippen molar-refractivity contribution in [2.45, 2.75) is 82.1 Å². The number of esters is 2. The number of carbonyl (C=O) groups is 2. The van der Waals surface area contributed by atoms with Gasteiger partial charge < -0.3 is 23.8 Å². The fraction of sp³-hybridized carbons (Fsp3) is 0.500. The van der Waals surface area contributed by atoms with Gasteiger partial charge in [0.25, 0.3) is 0 Å². The molecule has 1 saturated heterocycles. The highest BCUT2D eigenvalue weighted by molar-refractivity contribution is 7.87. The van der Waals surface area contributed by atoms with E-state index >= 15 is 4.21 Å². The lowest BCUT2D eigenvalue weighted by Gasteiger charge is -2.42. The van der Waals surface area contributed by atoms with Crippen molar-refractivity contribution in [3.63, 3.8) is 0 Å². The highest BCUT2D eigenvalue weighted by Gasteiger charge is 2.73. The molecule has 0 aliphatic carbocycles. The molecule has 2 aromatic carbocycles. The van der Waals surface area contributed by atoms with Crippen molar-refractivity contribution in [2.24, 2.45) is 5.92 Å². The van der Waals surface area contributed by atoms with Crippen molar-refractivity contribution in [1.29, 1.82) is 0 Å². The molecule has 9 heteroatoms. The quantitative estimate of drug-likeness (QED) is 0.280. The van der Waals surface area contributed by atoms with Crippen molar-refractivity contribution in [1.82, 2.24) is 4.90 Å². The zero-order chi connectivity index (χ0) is 29.9. The number of fused-ring (bicyclic) bond motifs is 3. The summed E-state index contributed by atoms with van der Waals surface area (Å²) in [7, 11) is -2.03. The van der Waals surface area contributed by atoms with Crippen LogP contribution in [-0.4, -0.2) is 63.5 Å². The summed E-state index contributed by atoms with van der Waals surface area (Å²) in [6, 6.07) is 13.0. The van der Waals surface area contributed by atoms with Crippen LogP contribution in [0.5, 0.6) is 0 Å². The summed E-state index contributed by atoms with van der Waals surface area (Å²) in [5, 5.41) is 0. The summed E-state index contributed by atoms with van der Waals surface area (Å²) in [5.41, 5.74) is 1.69. The first-order valence-corrected chi connectivity index (χ1v) is 15.3. The Kier molecular flexibility index (Phi) is 9.41. The molecule has 0 amide bonds. The average Bonchev–Trinajstić information content (AvgIpc) is 3.25. The van der Waals surface area contributed by atoms with Crippen molar-refractivity contribution < 1.29 is 32.7 Å². The Bertz CT molecular complexity index is 1300. The Morgan fingerprint density at radius 2 is 1.61 bits per heavy atom. The molecule has 0 unspecified atom stereocenters. The molecule has 2 aromatic rings. The Morgan fingerprint density at radius 1 is 0.976 bits per heavy atom. The number of hydrogen-bond acceptors (Lipinski definition) is 8. The molecule has 2 aliphatic rings. The van der Waals surface area contributed by atoms with Gasteiger partial charge in [-0.3, -0.25) is 9.00 Å². The molecule has 0 N–H and O–H groups in total. The van der Waals surface area contributed by atoms with E-state index in [1.807, 2.05) is 63.2 Å². The van der Waals surface area contributed by atoms with Gasteiger partial charge in [0.2, 0.25) is 0 Å². The van der Waals surface area contributed by atoms with Crippen LogP contribution in [0.4, 0.5) is 0 Å². The Labute approximate surface area is 245 Å². The van der Waals surface area contributed by atoms with Gasteiger partial charge in [0, 0.05) is 24.3 Å². The van der Waals surface area contributed by atoms with Gasteiger partial charge in [-0.25, -0.2) is 4.79 Å². The number of carbonyl (C=O) groups excluding carboxylic acids is 2. The predicted molar refractivity (Wildman–Crippen MR) is 157 cm³/mol. The van der Waals surface area contributed by atoms with Gasteiger partial charge in [-0.1, -0.05) is 42.0 Å². The molecule has 8 nitrogen and oxygen atoms in total. The normalized spacial score (nSPS) is 24.1. The van der Waals surface area contributed by atoms with E-state index in [-0.39, 0.29) is 19.8 Å². The van der Waals surface area contributed by atoms with Crippen LogP contribution in [0.25, 0.3) is 6.08 Å². The molecular weight excluding hydrogens is 542 g/mol. The highest BCUT2D eigenvalue weighted by atomic mass is 32.2. The van der Waals surface area contributed by atoms with Crippen LogP contribution < -0.4 is 0 Å². The maximum atomic E-state index is 15.2. The molecule has 0 bridgehead atoms. The molecular formula is C32H41NO7S. The summed E-state index contributed by atoms with van der Waals surface area (Å²) in [4.78, 5) is 31.0. The van der Waals surface area contributed by atoms with Crippen molar-refractivity contribution >= 4 is 28.8 Å². The third-order valence-corrected chi connectivity index (χ3v) is 9.30. The van der Waals surface area contributed by atoms with Gasteiger partial charge >= 0.3 is 11.9 Å². The molecule has 4 rings (SSSR count). The third-order valence-electron chi connectivity index (χ3n) is 7.32. The number of benzene rings is 2. The summed E-state index contributed by atoms with van der Waals surface area (Å²) in [6.45, 7) is 13.2. The zero-order valence-electron chi connectivity index (χ0n) is 24.9. The van der Waals surface area contributed by atoms with E-state index in [1.54, 1.807) is 50.9 Å². The van der Waals surface area contributed by atoms with Gasteiger partial charge in [0.15, 0.2) is 11.0 Å². The molecule has 41 heavy (non-hydrogen) atoms. The fourth-order valence-electron chi connectivity index (χ4n) is 5.83. The molecule has 5 atom stereocenters. The minimum absolute atomic E-state index is 0.134. The van der Waals surface area contributed by atoms with Gasteiger partial charge in [-0.2, -0.15) is 0 Å². The minimum atomic E-state index is -2.03. The SMILES string of the molecule is CCOC(=O)[C@H]1[C@@H](C(OCC)OCC)[C@](C(=O)OC(C)(C)C)([S@@](=O)c2ccc(C)cc2)[C@@H]2c3ccccc3C=CN21. The Morgan fingerprint density at radius 3 is 2.20 bits per heavy atom. The molecule has 0 saturated carbocycles. The molecule has 0 radical (unpaired) electrons. The number of ether oxygens (including phenoxy) is 4. The Balaban J connectivity index is 2.12. The van der Waals surface area contributed by atoms with Crippen molar-refractivity contribution in [2.75, 3.05) is 19.8 Å². The first-order chi connectivity index (χ1) is 19.5. The largest absolute Gasteiger partial charge is 0.464 e. The maximum absolute atomic E-state index is 15.2. The van der Waals surface area contributed by atoms with Crippen LogP contribution in [-0.2, 0) is 39.3 Å². The van der Waals surface area contributed by atoms with Crippen LogP contribution in [0.1, 0.15) is 64.3 Å². The average molecular weight is 584 g/mol. The van der Waals surface area contributed by atoms with Crippen molar-refractivity contribution in [3.8, 4) is 0 Å². The zero-order valence-corrected chi connectivity index (χ0v) is 25.7. The first-order valence-electron chi connectivity index (χ1n) is 14.2. The van der Waals surface area contributed by atoms with Crippen LogP contribution >= 0.6 is 0 Å². The summed E-state index contributed by atoms with van der Waals surface area (Å²) in [6.07, 6.45) is 2.62. The van der Waals surface area contributed by atoms with E-state index in [1.165, 1.54) is 0 Å². The Hall–Kier alpha value is -3.01. The molecule has 222 valence electrons. The molecule has 2 heterocycles. The summed E-state index contributed by atoms with van der Waals surface area (Å²) in [5.74, 6) is -2.30. The van der Waals surface area contributed by atoms with Gasteiger partial charge in [-0.05, 0) is 77.8 Å². The predicted octanol–water partition coefficient (Wildman–Crippen LogP) is 5.17. The molecule has 0 spiro atoms. The smallest absolute Gasteiger partial charge is 0.329 e. The topological polar surface area (TPSA) is 91.4 Å². The third kappa shape index (κ3) is 5.72. The highest BCUT2D eigenvalue weighted by Crippen LogP contribution is 2.57. The lowest BCUT2D eigenvalue weighted by Crippen LogP contribution is -2.59. The second-order valence-electron chi connectivity index (χ2n) is 11.2. The summed E-state index contributed by atoms with van der Waals surface area (Å²) >= 11 is 0. The maximum Gasteiger partial charge on any atom is 0.329 e. The van der Waals surface area contributed by atoms with E-state index in [2.05, 4.69) is 0 Å². The van der Waals surface area contributed by atoms with E-state index < -0.39 is 57.4 Å². The minimum Gasteiger partial charge on any atom is -0.464 e. The summed E-state index contributed by atoms with van der Waals surface area (Å²) < 4.78 is 37.4. The number of aryl methyl sites for hydroxylation is 1. The molecule has 1 fully saturated rings. The second-order valence-corrected chi connectivity index (χ2v) is 12.9. The van der Waals surface area contributed by atoms with Crippen molar-refractivity contribution in [3.05, 3.63) is 71.4 Å². The van der Waals surface area contributed by atoms with E-state index in [0.29, 0.717) is 4.90 Å². The number of rotatable bonds is 10. The lowest BCUT2D eigenvalue weighted by molar-refractivity contribution is -0.191. The van der Waals surface area contributed by atoms with Gasteiger partial charge in [0.1, 0.15) is 11.6 Å². The monoisotopic (exact) mass is 583 g/mol. The van der Waals surface area contributed by atoms with E-state index in [0.717, 1.165) is 16.7 Å². The first kappa shape index (κ1) is 30.9. The van der Waals surface area contributed by atoms with Gasteiger partial charge in [0.05, 0.1) is 29.4 Å². The molecule has 0 aromatic heterocycles. The van der Waals surface area contributed by atoms with Crippen LogP contribution in [0.15, 0.2) is 59.6 Å². The second kappa shape index (κ2) is 12.5. The number of hydrogen-bond donors (Lipinski definition) is 0. The van der Waals surface area contributed by atoms with E-state index in [4.69, 9.17) is 18.9 Å². The molecule has 2 aliphatic heterocycles. The van der Waals surface area contributed by atoms with Crippen LogP contribution in [0.3, 0.4) is 0 Å². The van der Waals surface area contributed by atoms with E-state index in [9.17, 15) is 9.59 Å². The van der Waals surface area contributed by atoms with Crippen LogP contribution in [0.2, 0.25) is 0 Å². The number of nitrogens with zero attached hydrogens (tertiary/aromatic N) is 1. The van der Waals surface area contributed by atoms with Gasteiger partial charge in [-0.15, -0.1) is 0 Å². The fourth-order valence-corrected chi connectivity index (χ4v) is 7.73. The standard InChI is InChI=1S/C32H41NO7S/c1-8-37-28(34)26-25(29(38-9-2)39-10-3)32(30(35)40-31(5,6)7,41(36)23-17-15-21(4)16-18-23)27-24-14-12-11-13-22(24)19-20-33(26)27/h11-20,25-27,29H,8-10H2,1-7H3/t25-,26+,27-,32-,41-/m0/s1.